The van der Waals surface area contributed by atoms with E-state index in [1.54, 1.807) is 6.07 Å². The van der Waals surface area contributed by atoms with Crippen LogP contribution in [0, 0.1) is 11.7 Å². The first kappa shape index (κ1) is 11.2. The van der Waals surface area contributed by atoms with Crippen molar-refractivity contribution in [2.75, 3.05) is 11.9 Å². The van der Waals surface area contributed by atoms with Gasteiger partial charge in [-0.15, -0.1) is 0 Å². The Bertz CT molecular complexity index is 370. The van der Waals surface area contributed by atoms with E-state index < -0.39 is 5.82 Å². The van der Waals surface area contributed by atoms with Crippen molar-refractivity contribution in [2.24, 2.45) is 11.7 Å². The third kappa shape index (κ3) is 2.27. The number of hydrogen-bond donors (Lipinski definition) is 3. The molecule has 0 heterocycles. The van der Waals surface area contributed by atoms with Gasteiger partial charge >= 0.3 is 0 Å². The van der Waals surface area contributed by atoms with Crippen LogP contribution in [0.2, 0.25) is 0 Å². The summed E-state index contributed by atoms with van der Waals surface area (Å²) in [6.07, 6.45) is 3.37. The molecule has 0 spiro atoms. The van der Waals surface area contributed by atoms with Crippen LogP contribution < -0.4 is 11.1 Å². The first-order chi connectivity index (χ1) is 7.70. The molecule has 2 atom stereocenters. The number of phenols is 1. The van der Waals surface area contributed by atoms with Crippen LogP contribution in [0.15, 0.2) is 18.2 Å². The minimum Gasteiger partial charge on any atom is -0.505 e. The molecule has 1 aliphatic carbocycles. The average molecular weight is 224 g/mol. The maximum atomic E-state index is 13.1. The van der Waals surface area contributed by atoms with Gasteiger partial charge in [-0.1, -0.05) is 6.42 Å². The van der Waals surface area contributed by atoms with E-state index in [0.29, 0.717) is 24.2 Å². The van der Waals surface area contributed by atoms with Crippen LogP contribution in [0.3, 0.4) is 0 Å². The Kier molecular flexibility index (Phi) is 3.29. The molecule has 2 rings (SSSR count). The summed E-state index contributed by atoms with van der Waals surface area (Å²) in [4.78, 5) is 0. The lowest BCUT2D eigenvalue weighted by atomic mass is 10.0. The molecule has 88 valence electrons. The highest BCUT2D eigenvalue weighted by Gasteiger charge is 2.25. The number of aromatic hydroxyl groups is 1. The molecule has 1 aliphatic rings. The van der Waals surface area contributed by atoms with Crippen LogP contribution in [0.1, 0.15) is 19.3 Å². The third-order valence-corrected chi connectivity index (χ3v) is 3.26. The summed E-state index contributed by atoms with van der Waals surface area (Å²) < 4.78 is 13.1. The van der Waals surface area contributed by atoms with E-state index in [1.807, 2.05) is 0 Å². The minimum absolute atomic E-state index is 0.313. The van der Waals surface area contributed by atoms with Gasteiger partial charge in [-0.2, -0.15) is 0 Å². The average Bonchev–Trinajstić information content (AvgIpc) is 2.71. The van der Waals surface area contributed by atoms with E-state index in [2.05, 4.69) is 5.32 Å². The highest BCUT2D eigenvalue weighted by atomic mass is 19.1. The highest BCUT2D eigenvalue weighted by molar-refractivity contribution is 5.47. The van der Waals surface area contributed by atoms with Crippen LogP contribution >= 0.6 is 0 Å². The first-order valence-electron chi connectivity index (χ1n) is 5.66. The van der Waals surface area contributed by atoms with Crippen LogP contribution in [0.25, 0.3) is 0 Å². The van der Waals surface area contributed by atoms with Crippen LogP contribution in [-0.2, 0) is 0 Å². The number of nitrogens with two attached hydrogens (primary N) is 1. The first-order valence-corrected chi connectivity index (χ1v) is 5.66. The maximum absolute atomic E-state index is 13.1. The summed E-state index contributed by atoms with van der Waals surface area (Å²) in [5, 5.41) is 12.4. The minimum atomic E-state index is -0.590. The Labute approximate surface area is 94.5 Å². The largest absolute Gasteiger partial charge is 0.505 e. The quantitative estimate of drug-likeness (QED) is 0.689. The Morgan fingerprint density at radius 1 is 1.44 bits per heavy atom. The molecule has 4 heteroatoms. The number of rotatable bonds is 3. The van der Waals surface area contributed by atoms with Crippen LogP contribution in [-0.4, -0.2) is 17.7 Å². The molecular weight excluding hydrogens is 207 g/mol. The van der Waals surface area contributed by atoms with Gasteiger partial charge in [0.15, 0.2) is 11.6 Å². The molecule has 16 heavy (non-hydrogen) atoms. The number of halogens is 1. The number of anilines is 1. The molecule has 1 aromatic rings. The molecule has 1 aromatic carbocycles. The van der Waals surface area contributed by atoms with E-state index in [4.69, 9.17) is 10.8 Å². The zero-order valence-corrected chi connectivity index (χ0v) is 9.12. The fourth-order valence-corrected chi connectivity index (χ4v) is 2.32. The smallest absolute Gasteiger partial charge is 0.166 e. The second kappa shape index (κ2) is 4.70. The van der Waals surface area contributed by atoms with Gasteiger partial charge < -0.3 is 16.2 Å². The SMILES string of the molecule is NCC1CCCC1Nc1ccc(O)c(F)c1. The standard InChI is InChI=1S/C12H17FN2O/c13-10-6-9(4-5-12(10)16)15-11-3-1-2-8(11)7-14/h4-6,8,11,15-16H,1-3,7,14H2. The normalized spacial score (nSPS) is 24.6. The van der Waals surface area contributed by atoms with Crippen molar-refractivity contribution in [3.8, 4) is 5.75 Å². The topological polar surface area (TPSA) is 58.3 Å². The van der Waals surface area contributed by atoms with Crippen molar-refractivity contribution >= 4 is 5.69 Å². The predicted molar refractivity (Wildman–Crippen MR) is 61.9 cm³/mol. The van der Waals surface area contributed by atoms with E-state index >= 15 is 0 Å². The third-order valence-electron chi connectivity index (χ3n) is 3.26. The lowest BCUT2D eigenvalue weighted by Gasteiger charge is -2.20. The van der Waals surface area contributed by atoms with Gasteiger partial charge in [0.2, 0.25) is 0 Å². The van der Waals surface area contributed by atoms with E-state index in [-0.39, 0.29) is 5.75 Å². The van der Waals surface area contributed by atoms with Gasteiger partial charge in [-0.05, 0) is 37.4 Å². The van der Waals surface area contributed by atoms with Gasteiger partial charge in [0.05, 0.1) is 0 Å². The van der Waals surface area contributed by atoms with Gasteiger partial charge in [0.25, 0.3) is 0 Å². The molecule has 1 saturated carbocycles. The molecule has 0 aliphatic heterocycles. The van der Waals surface area contributed by atoms with E-state index in [9.17, 15) is 4.39 Å². The molecule has 0 amide bonds. The van der Waals surface area contributed by atoms with E-state index in [0.717, 1.165) is 12.8 Å². The summed E-state index contributed by atoms with van der Waals surface area (Å²) >= 11 is 0. The Morgan fingerprint density at radius 3 is 2.94 bits per heavy atom. The van der Waals surface area contributed by atoms with Crippen molar-refractivity contribution < 1.29 is 9.50 Å². The summed E-state index contributed by atoms with van der Waals surface area (Å²) in [5.41, 5.74) is 6.39. The molecule has 0 radical (unpaired) electrons. The van der Waals surface area contributed by atoms with Crippen LogP contribution in [0.5, 0.6) is 5.75 Å². The molecule has 4 N–H and O–H groups in total. The molecular formula is C12H17FN2O. The van der Waals surface area contributed by atoms with Gasteiger partial charge in [0.1, 0.15) is 0 Å². The van der Waals surface area contributed by atoms with Crippen molar-refractivity contribution in [1.29, 1.82) is 0 Å². The summed E-state index contributed by atoms with van der Waals surface area (Å²) in [6, 6.07) is 4.70. The Hall–Kier alpha value is -1.29. The maximum Gasteiger partial charge on any atom is 0.166 e. The number of hydrogen-bond acceptors (Lipinski definition) is 3. The predicted octanol–water partition coefficient (Wildman–Crippen LogP) is 2.07. The monoisotopic (exact) mass is 224 g/mol. The summed E-state index contributed by atoms with van der Waals surface area (Å²) in [7, 11) is 0. The van der Waals surface area contributed by atoms with Crippen molar-refractivity contribution in [1.82, 2.24) is 0 Å². The van der Waals surface area contributed by atoms with Crippen molar-refractivity contribution in [2.45, 2.75) is 25.3 Å². The van der Waals surface area contributed by atoms with Gasteiger partial charge in [-0.25, -0.2) is 4.39 Å². The fraction of sp³-hybridized carbons (Fsp3) is 0.500. The second-order valence-electron chi connectivity index (χ2n) is 4.34. The lowest BCUT2D eigenvalue weighted by molar-refractivity contribution is 0.432. The second-order valence-corrected chi connectivity index (χ2v) is 4.34. The Morgan fingerprint density at radius 2 is 2.25 bits per heavy atom. The van der Waals surface area contributed by atoms with Crippen molar-refractivity contribution in [3.63, 3.8) is 0 Å². The Balaban J connectivity index is 2.05. The van der Waals surface area contributed by atoms with Crippen molar-refractivity contribution in [3.05, 3.63) is 24.0 Å². The zero-order chi connectivity index (χ0) is 11.5. The lowest BCUT2D eigenvalue weighted by Crippen LogP contribution is -2.29. The van der Waals surface area contributed by atoms with Gasteiger partial charge in [0, 0.05) is 17.8 Å². The number of phenolic OH excluding ortho intramolecular Hbond substituents is 1. The van der Waals surface area contributed by atoms with E-state index in [1.165, 1.54) is 18.6 Å². The molecule has 0 bridgehead atoms. The molecule has 1 fully saturated rings. The fourth-order valence-electron chi connectivity index (χ4n) is 2.32. The van der Waals surface area contributed by atoms with Gasteiger partial charge in [-0.3, -0.25) is 0 Å². The summed E-state index contributed by atoms with van der Waals surface area (Å²) in [6.45, 7) is 0.665. The van der Waals surface area contributed by atoms with Crippen LogP contribution in [0.4, 0.5) is 10.1 Å². The zero-order valence-electron chi connectivity index (χ0n) is 9.12. The number of nitrogens with one attached hydrogen (secondary N) is 1. The molecule has 0 aromatic heterocycles. The number of benzene rings is 1. The highest BCUT2D eigenvalue weighted by Crippen LogP contribution is 2.28. The molecule has 2 unspecified atom stereocenters. The molecule has 0 saturated heterocycles. The molecule has 3 nitrogen and oxygen atoms in total. The summed E-state index contributed by atoms with van der Waals surface area (Å²) in [5.74, 6) is -0.434.